The Kier molecular flexibility index (Phi) is 2.96. The standard InChI is InChI=1S/C12H8ClN3O2S/c1-18-12(17)9-5-8(10-3-2-4-19-10)15-11-7(13)6-14-16(9)11/h2-6H,1H3. The van der Waals surface area contributed by atoms with Crippen molar-refractivity contribution in [3.63, 3.8) is 0 Å². The predicted molar refractivity (Wildman–Crippen MR) is 72.6 cm³/mol. The Morgan fingerprint density at radius 2 is 2.37 bits per heavy atom. The number of hydrogen-bond acceptors (Lipinski definition) is 5. The van der Waals surface area contributed by atoms with Crippen LogP contribution in [-0.2, 0) is 4.74 Å². The summed E-state index contributed by atoms with van der Waals surface area (Å²) in [5.41, 5.74) is 1.40. The second-order valence-electron chi connectivity index (χ2n) is 3.72. The molecule has 3 rings (SSSR count). The molecule has 0 aromatic carbocycles. The fraction of sp³-hybridized carbons (Fsp3) is 0.0833. The molecule has 0 saturated carbocycles. The number of halogens is 1. The van der Waals surface area contributed by atoms with E-state index in [1.165, 1.54) is 29.2 Å². The minimum Gasteiger partial charge on any atom is -0.464 e. The molecule has 0 aliphatic carbocycles. The van der Waals surface area contributed by atoms with Gasteiger partial charge in [0.1, 0.15) is 5.02 Å². The van der Waals surface area contributed by atoms with Gasteiger partial charge in [0, 0.05) is 0 Å². The predicted octanol–water partition coefficient (Wildman–Crippen LogP) is 2.90. The molecule has 3 aromatic heterocycles. The summed E-state index contributed by atoms with van der Waals surface area (Å²) in [7, 11) is 1.32. The first-order valence-electron chi connectivity index (χ1n) is 5.37. The molecule has 0 unspecified atom stereocenters. The third kappa shape index (κ3) is 1.98. The number of ether oxygens (including phenoxy) is 1. The number of aromatic nitrogens is 3. The zero-order valence-corrected chi connectivity index (χ0v) is 11.4. The molecule has 0 saturated heterocycles. The Balaban J connectivity index is 2.31. The SMILES string of the molecule is COC(=O)c1cc(-c2cccs2)nc2c(Cl)cnn12. The van der Waals surface area contributed by atoms with Crippen molar-refractivity contribution < 1.29 is 9.53 Å². The number of carbonyl (C=O) groups excluding carboxylic acids is 1. The van der Waals surface area contributed by atoms with Crippen LogP contribution in [0.15, 0.2) is 29.8 Å². The van der Waals surface area contributed by atoms with Crippen molar-refractivity contribution in [2.45, 2.75) is 0 Å². The number of esters is 1. The Bertz CT molecular complexity index is 752. The van der Waals surface area contributed by atoms with Crippen LogP contribution in [0.25, 0.3) is 16.2 Å². The molecule has 0 atom stereocenters. The van der Waals surface area contributed by atoms with Crippen molar-refractivity contribution in [2.24, 2.45) is 0 Å². The Hall–Kier alpha value is -1.92. The lowest BCUT2D eigenvalue weighted by Crippen LogP contribution is -2.10. The lowest BCUT2D eigenvalue weighted by Gasteiger charge is -2.05. The average Bonchev–Trinajstić information content (AvgIpc) is 3.07. The summed E-state index contributed by atoms with van der Waals surface area (Å²) in [6.45, 7) is 0. The lowest BCUT2D eigenvalue weighted by molar-refractivity contribution is 0.0590. The van der Waals surface area contributed by atoms with Gasteiger partial charge in [-0.3, -0.25) is 0 Å². The Morgan fingerprint density at radius 3 is 3.05 bits per heavy atom. The van der Waals surface area contributed by atoms with Crippen molar-refractivity contribution in [2.75, 3.05) is 7.11 Å². The van der Waals surface area contributed by atoms with E-state index in [-0.39, 0.29) is 0 Å². The first kappa shape index (κ1) is 12.1. The van der Waals surface area contributed by atoms with E-state index in [2.05, 4.69) is 10.1 Å². The summed E-state index contributed by atoms with van der Waals surface area (Å²) < 4.78 is 6.14. The highest BCUT2D eigenvalue weighted by atomic mass is 35.5. The maximum Gasteiger partial charge on any atom is 0.356 e. The Morgan fingerprint density at radius 1 is 1.53 bits per heavy atom. The monoisotopic (exact) mass is 293 g/mol. The van der Waals surface area contributed by atoms with Crippen molar-refractivity contribution in [1.82, 2.24) is 14.6 Å². The van der Waals surface area contributed by atoms with E-state index in [1.807, 2.05) is 17.5 Å². The zero-order chi connectivity index (χ0) is 13.4. The summed E-state index contributed by atoms with van der Waals surface area (Å²) in [6, 6.07) is 5.49. The smallest absolute Gasteiger partial charge is 0.356 e. The van der Waals surface area contributed by atoms with Gasteiger partial charge < -0.3 is 4.74 Å². The number of rotatable bonds is 2. The van der Waals surface area contributed by atoms with Gasteiger partial charge in [0.2, 0.25) is 0 Å². The number of fused-ring (bicyclic) bond motifs is 1. The summed E-state index contributed by atoms with van der Waals surface area (Å²) in [5.74, 6) is -0.482. The third-order valence-electron chi connectivity index (χ3n) is 2.60. The van der Waals surface area contributed by atoms with Crippen LogP contribution < -0.4 is 0 Å². The zero-order valence-electron chi connectivity index (χ0n) is 9.83. The molecular formula is C12H8ClN3O2S. The molecular weight excluding hydrogens is 286 g/mol. The fourth-order valence-electron chi connectivity index (χ4n) is 1.74. The van der Waals surface area contributed by atoms with E-state index in [0.29, 0.717) is 22.1 Å². The minimum absolute atomic E-state index is 0.294. The van der Waals surface area contributed by atoms with E-state index >= 15 is 0 Å². The highest BCUT2D eigenvalue weighted by molar-refractivity contribution is 7.13. The van der Waals surface area contributed by atoms with Gasteiger partial charge in [0.25, 0.3) is 0 Å². The van der Waals surface area contributed by atoms with Crippen LogP contribution in [0, 0.1) is 0 Å². The van der Waals surface area contributed by atoms with Crippen molar-refractivity contribution in [1.29, 1.82) is 0 Å². The summed E-state index contributed by atoms with van der Waals surface area (Å²) in [5, 5.41) is 6.37. The van der Waals surface area contributed by atoms with E-state index < -0.39 is 5.97 Å². The second kappa shape index (κ2) is 4.64. The molecule has 0 bridgehead atoms. The second-order valence-corrected chi connectivity index (χ2v) is 5.08. The molecule has 3 heterocycles. The molecule has 0 fully saturated rings. The summed E-state index contributed by atoms with van der Waals surface area (Å²) in [6.07, 6.45) is 1.45. The van der Waals surface area contributed by atoms with Gasteiger partial charge in [-0.05, 0) is 17.5 Å². The van der Waals surface area contributed by atoms with Gasteiger partial charge in [-0.2, -0.15) is 5.10 Å². The molecule has 0 aliphatic heterocycles. The van der Waals surface area contributed by atoms with Crippen molar-refractivity contribution in [3.8, 4) is 10.6 Å². The van der Waals surface area contributed by atoms with Gasteiger partial charge >= 0.3 is 5.97 Å². The van der Waals surface area contributed by atoms with Crippen molar-refractivity contribution >= 4 is 34.6 Å². The third-order valence-corrected chi connectivity index (χ3v) is 3.76. The van der Waals surface area contributed by atoms with E-state index in [0.717, 1.165) is 4.88 Å². The normalized spacial score (nSPS) is 10.8. The van der Waals surface area contributed by atoms with Gasteiger partial charge in [0.15, 0.2) is 11.3 Å². The molecule has 3 aromatic rings. The van der Waals surface area contributed by atoms with E-state index in [4.69, 9.17) is 16.3 Å². The molecule has 7 heteroatoms. The van der Waals surface area contributed by atoms with Crippen LogP contribution in [-0.4, -0.2) is 27.7 Å². The quantitative estimate of drug-likeness (QED) is 0.682. The van der Waals surface area contributed by atoms with E-state index in [1.54, 1.807) is 6.07 Å². The topological polar surface area (TPSA) is 56.5 Å². The number of methoxy groups -OCH3 is 1. The van der Waals surface area contributed by atoms with Crippen LogP contribution in [0.5, 0.6) is 0 Å². The van der Waals surface area contributed by atoms with Gasteiger partial charge in [-0.25, -0.2) is 14.3 Å². The molecule has 96 valence electrons. The largest absolute Gasteiger partial charge is 0.464 e. The lowest BCUT2D eigenvalue weighted by atomic mass is 10.3. The Labute approximate surface area is 117 Å². The molecule has 0 radical (unpaired) electrons. The molecule has 0 N–H and O–H groups in total. The highest BCUT2D eigenvalue weighted by Gasteiger charge is 2.17. The highest BCUT2D eigenvalue weighted by Crippen LogP contribution is 2.26. The van der Waals surface area contributed by atoms with Gasteiger partial charge in [0.05, 0.1) is 23.9 Å². The molecule has 5 nitrogen and oxygen atoms in total. The first-order chi connectivity index (χ1) is 9.20. The van der Waals surface area contributed by atoms with Crippen LogP contribution in [0.2, 0.25) is 5.02 Å². The van der Waals surface area contributed by atoms with Crippen LogP contribution >= 0.6 is 22.9 Å². The summed E-state index contributed by atoms with van der Waals surface area (Å²) in [4.78, 5) is 17.2. The maximum atomic E-state index is 11.8. The molecule has 0 amide bonds. The number of hydrogen-bond donors (Lipinski definition) is 0. The summed E-state index contributed by atoms with van der Waals surface area (Å²) >= 11 is 7.56. The minimum atomic E-state index is -0.482. The molecule has 19 heavy (non-hydrogen) atoms. The van der Waals surface area contributed by atoms with Crippen LogP contribution in [0.4, 0.5) is 0 Å². The average molecular weight is 294 g/mol. The van der Waals surface area contributed by atoms with Gasteiger partial charge in [-0.15, -0.1) is 11.3 Å². The first-order valence-corrected chi connectivity index (χ1v) is 6.63. The maximum absolute atomic E-state index is 11.8. The van der Waals surface area contributed by atoms with Crippen LogP contribution in [0.1, 0.15) is 10.5 Å². The molecule has 0 aliphatic rings. The number of thiophene rings is 1. The molecule has 0 spiro atoms. The number of carbonyl (C=O) groups is 1. The van der Waals surface area contributed by atoms with Crippen molar-refractivity contribution in [3.05, 3.63) is 40.5 Å². The van der Waals surface area contributed by atoms with Crippen LogP contribution in [0.3, 0.4) is 0 Å². The van der Waals surface area contributed by atoms with E-state index in [9.17, 15) is 4.79 Å². The fourth-order valence-corrected chi connectivity index (χ4v) is 2.59. The number of nitrogens with zero attached hydrogens (tertiary/aromatic N) is 3. The van der Waals surface area contributed by atoms with Gasteiger partial charge in [-0.1, -0.05) is 17.7 Å².